The lowest BCUT2D eigenvalue weighted by Crippen LogP contribution is -2.17. The van der Waals surface area contributed by atoms with Gasteiger partial charge in [-0.3, -0.25) is 4.79 Å². The zero-order chi connectivity index (χ0) is 10.4. The number of anilines is 1. The van der Waals surface area contributed by atoms with E-state index in [1.807, 2.05) is 24.3 Å². The SMILES string of the molecule is Nc1cccc(CNCCC(=O)O)c1. The third-order valence-corrected chi connectivity index (χ3v) is 1.80. The Balaban J connectivity index is 2.28. The second-order valence-corrected chi connectivity index (χ2v) is 3.07. The number of hydrogen-bond donors (Lipinski definition) is 3. The first-order valence-electron chi connectivity index (χ1n) is 4.45. The number of nitrogen functional groups attached to an aromatic ring is 1. The molecule has 1 aromatic carbocycles. The number of hydrogen-bond acceptors (Lipinski definition) is 3. The van der Waals surface area contributed by atoms with Gasteiger partial charge >= 0.3 is 5.97 Å². The van der Waals surface area contributed by atoms with Crippen LogP contribution >= 0.6 is 0 Å². The Hall–Kier alpha value is -1.55. The van der Waals surface area contributed by atoms with Gasteiger partial charge in [-0.15, -0.1) is 0 Å². The summed E-state index contributed by atoms with van der Waals surface area (Å²) in [5.41, 5.74) is 7.38. The van der Waals surface area contributed by atoms with E-state index >= 15 is 0 Å². The van der Waals surface area contributed by atoms with Crippen LogP contribution in [0.25, 0.3) is 0 Å². The Bertz CT molecular complexity index is 313. The number of rotatable bonds is 5. The van der Waals surface area contributed by atoms with Crippen LogP contribution in [-0.4, -0.2) is 17.6 Å². The molecule has 0 unspecified atom stereocenters. The Morgan fingerprint density at radius 2 is 2.29 bits per heavy atom. The van der Waals surface area contributed by atoms with Crippen molar-refractivity contribution in [3.05, 3.63) is 29.8 Å². The van der Waals surface area contributed by atoms with E-state index in [0.29, 0.717) is 13.1 Å². The van der Waals surface area contributed by atoms with Gasteiger partial charge in [-0.1, -0.05) is 12.1 Å². The molecule has 0 bridgehead atoms. The molecule has 0 aliphatic rings. The van der Waals surface area contributed by atoms with E-state index in [1.165, 1.54) is 0 Å². The summed E-state index contributed by atoms with van der Waals surface area (Å²) in [6, 6.07) is 7.52. The first kappa shape index (κ1) is 10.5. The largest absolute Gasteiger partial charge is 0.481 e. The highest BCUT2D eigenvalue weighted by Crippen LogP contribution is 2.05. The molecule has 0 spiro atoms. The Morgan fingerprint density at radius 1 is 1.50 bits per heavy atom. The van der Waals surface area contributed by atoms with Crippen LogP contribution in [0, 0.1) is 0 Å². The second kappa shape index (κ2) is 5.24. The van der Waals surface area contributed by atoms with Crippen LogP contribution < -0.4 is 11.1 Å². The highest BCUT2D eigenvalue weighted by atomic mass is 16.4. The Kier molecular flexibility index (Phi) is 3.94. The van der Waals surface area contributed by atoms with Crippen molar-refractivity contribution in [3.63, 3.8) is 0 Å². The number of aliphatic carboxylic acids is 1. The lowest BCUT2D eigenvalue weighted by molar-refractivity contribution is -0.136. The normalized spacial score (nSPS) is 10.0. The Morgan fingerprint density at radius 3 is 2.93 bits per heavy atom. The van der Waals surface area contributed by atoms with Gasteiger partial charge in [0, 0.05) is 18.8 Å². The third kappa shape index (κ3) is 3.91. The highest BCUT2D eigenvalue weighted by Gasteiger charge is 1.96. The van der Waals surface area contributed by atoms with Crippen LogP contribution in [0.15, 0.2) is 24.3 Å². The minimum atomic E-state index is -0.787. The quantitative estimate of drug-likeness (QED) is 0.479. The molecule has 0 aliphatic heterocycles. The highest BCUT2D eigenvalue weighted by molar-refractivity contribution is 5.66. The van der Waals surface area contributed by atoms with Crippen molar-refractivity contribution in [2.75, 3.05) is 12.3 Å². The molecule has 0 saturated carbocycles. The monoisotopic (exact) mass is 194 g/mol. The van der Waals surface area contributed by atoms with Gasteiger partial charge in [-0.05, 0) is 17.7 Å². The summed E-state index contributed by atoms with van der Waals surface area (Å²) < 4.78 is 0. The van der Waals surface area contributed by atoms with Crippen molar-refractivity contribution in [1.29, 1.82) is 0 Å². The summed E-state index contributed by atoms with van der Waals surface area (Å²) in [5.74, 6) is -0.787. The van der Waals surface area contributed by atoms with Crippen LogP contribution in [0.1, 0.15) is 12.0 Å². The average molecular weight is 194 g/mol. The molecule has 0 aliphatic carbocycles. The van der Waals surface area contributed by atoms with Crippen LogP contribution in [0.4, 0.5) is 5.69 Å². The summed E-state index contributed by atoms with van der Waals surface area (Å²) in [5, 5.41) is 11.4. The van der Waals surface area contributed by atoms with Gasteiger partial charge in [0.2, 0.25) is 0 Å². The number of benzene rings is 1. The zero-order valence-corrected chi connectivity index (χ0v) is 7.86. The van der Waals surface area contributed by atoms with Crippen LogP contribution in [0.3, 0.4) is 0 Å². The van der Waals surface area contributed by atoms with Gasteiger partial charge in [-0.2, -0.15) is 0 Å². The first-order chi connectivity index (χ1) is 6.68. The molecule has 0 aromatic heterocycles. The van der Waals surface area contributed by atoms with Gasteiger partial charge in [0.05, 0.1) is 6.42 Å². The number of carboxylic acid groups (broad SMARTS) is 1. The zero-order valence-electron chi connectivity index (χ0n) is 7.86. The summed E-state index contributed by atoms with van der Waals surface area (Å²) in [6.45, 7) is 1.13. The molecule has 14 heavy (non-hydrogen) atoms. The molecule has 76 valence electrons. The van der Waals surface area contributed by atoms with Gasteiger partial charge in [0.15, 0.2) is 0 Å². The van der Waals surface area contributed by atoms with E-state index in [2.05, 4.69) is 5.32 Å². The van der Waals surface area contributed by atoms with Crippen molar-refractivity contribution >= 4 is 11.7 Å². The molecule has 0 atom stereocenters. The minimum absolute atomic E-state index is 0.141. The number of nitrogens with one attached hydrogen (secondary N) is 1. The van der Waals surface area contributed by atoms with Crippen LogP contribution in [0.5, 0.6) is 0 Å². The topological polar surface area (TPSA) is 75.3 Å². The summed E-state index contributed by atoms with van der Waals surface area (Å²) in [7, 11) is 0. The van der Waals surface area contributed by atoms with Crippen LogP contribution in [-0.2, 0) is 11.3 Å². The predicted molar refractivity (Wildman–Crippen MR) is 54.8 cm³/mol. The predicted octanol–water partition coefficient (Wildman–Crippen LogP) is 0.833. The average Bonchev–Trinajstić information content (AvgIpc) is 2.12. The van der Waals surface area contributed by atoms with E-state index < -0.39 is 5.97 Å². The van der Waals surface area contributed by atoms with E-state index in [0.717, 1.165) is 11.3 Å². The third-order valence-electron chi connectivity index (χ3n) is 1.80. The lowest BCUT2D eigenvalue weighted by atomic mass is 10.2. The maximum atomic E-state index is 10.2. The number of carbonyl (C=O) groups is 1. The van der Waals surface area contributed by atoms with E-state index in [-0.39, 0.29) is 6.42 Å². The fourth-order valence-corrected chi connectivity index (χ4v) is 1.13. The number of carboxylic acids is 1. The second-order valence-electron chi connectivity index (χ2n) is 3.07. The molecule has 0 radical (unpaired) electrons. The molecule has 1 aromatic rings. The van der Waals surface area contributed by atoms with Crippen LogP contribution in [0.2, 0.25) is 0 Å². The van der Waals surface area contributed by atoms with E-state index in [1.54, 1.807) is 0 Å². The standard InChI is InChI=1S/C10H14N2O2/c11-9-3-1-2-8(6-9)7-12-5-4-10(13)14/h1-3,6,12H,4-5,7,11H2,(H,13,14). The van der Waals surface area contributed by atoms with Crippen molar-refractivity contribution in [3.8, 4) is 0 Å². The maximum absolute atomic E-state index is 10.2. The molecule has 0 saturated heterocycles. The van der Waals surface area contributed by atoms with Crippen molar-refractivity contribution < 1.29 is 9.90 Å². The van der Waals surface area contributed by atoms with E-state index in [9.17, 15) is 4.79 Å². The van der Waals surface area contributed by atoms with E-state index in [4.69, 9.17) is 10.8 Å². The van der Waals surface area contributed by atoms with Crippen molar-refractivity contribution in [1.82, 2.24) is 5.32 Å². The van der Waals surface area contributed by atoms with Gasteiger partial charge in [-0.25, -0.2) is 0 Å². The molecule has 4 nitrogen and oxygen atoms in total. The smallest absolute Gasteiger partial charge is 0.304 e. The molecule has 0 amide bonds. The fraction of sp³-hybridized carbons (Fsp3) is 0.300. The molecular weight excluding hydrogens is 180 g/mol. The fourth-order valence-electron chi connectivity index (χ4n) is 1.13. The summed E-state index contributed by atoms with van der Waals surface area (Å²) in [6.07, 6.45) is 0.141. The van der Waals surface area contributed by atoms with Gasteiger partial charge < -0.3 is 16.2 Å². The van der Waals surface area contributed by atoms with Crippen molar-refractivity contribution in [2.24, 2.45) is 0 Å². The Labute approximate surface area is 82.7 Å². The minimum Gasteiger partial charge on any atom is -0.481 e. The first-order valence-corrected chi connectivity index (χ1v) is 4.45. The molecule has 0 fully saturated rings. The molecular formula is C10H14N2O2. The van der Waals surface area contributed by atoms with Gasteiger partial charge in [0.1, 0.15) is 0 Å². The number of nitrogens with two attached hydrogens (primary N) is 1. The summed E-state index contributed by atoms with van der Waals surface area (Å²) >= 11 is 0. The lowest BCUT2D eigenvalue weighted by Gasteiger charge is -2.03. The molecule has 4 heteroatoms. The maximum Gasteiger partial charge on any atom is 0.304 e. The molecule has 1 rings (SSSR count). The van der Waals surface area contributed by atoms with Gasteiger partial charge in [0.25, 0.3) is 0 Å². The molecule has 0 heterocycles. The summed E-state index contributed by atoms with van der Waals surface area (Å²) in [4.78, 5) is 10.2. The van der Waals surface area contributed by atoms with Crippen molar-refractivity contribution in [2.45, 2.75) is 13.0 Å². The molecule has 4 N–H and O–H groups in total.